The van der Waals surface area contributed by atoms with Gasteiger partial charge in [0.1, 0.15) is 45.5 Å². The number of ketones is 1. The first-order chi connectivity index (χ1) is 21.1. The van der Waals surface area contributed by atoms with E-state index in [1.807, 2.05) is 19.1 Å². The van der Waals surface area contributed by atoms with Crippen LogP contribution in [-0.2, 0) is 6.42 Å². The van der Waals surface area contributed by atoms with Crippen molar-refractivity contribution in [1.82, 2.24) is 0 Å². The summed E-state index contributed by atoms with van der Waals surface area (Å²) in [6.45, 7) is 5.36. The van der Waals surface area contributed by atoms with Crippen molar-refractivity contribution in [2.24, 2.45) is 0 Å². The summed E-state index contributed by atoms with van der Waals surface area (Å²) in [5, 5.41) is 32.3. The van der Waals surface area contributed by atoms with Crippen LogP contribution in [0.5, 0.6) is 28.7 Å². The second-order valence-electron chi connectivity index (χ2n) is 10.4. The van der Waals surface area contributed by atoms with Gasteiger partial charge in [-0.05, 0) is 91.1 Å². The number of methoxy groups -OCH3 is 2. The van der Waals surface area contributed by atoms with Gasteiger partial charge < -0.3 is 29.2 Å². The van der Waals surface area contributed by atoms with Crippen LogP contribution in [-0.4, -0.2) is 35.3 Å². The molecule has 1 heterocycles. The molecule has 0 aliphatic heterocycles. The number of ether oxygens (including phenoxy) is 2. The largest absolute Gasteiger partial charge is 0.507 e. The fraction of sp³-hybridized carbons (Fsp3) is 0.167. The maximum absolute atomic E-state index is 13.5. The first-order valence-electron chi connectivity index (χ1n) is 14.0. The molecule has 4 aromatic carbocycles. The van der Waals surface area contributed by atoms with Crippen molar-refractivity contribution in [3.63, 3.8) is 0 Å². The molecule has 0 bridgehead atoms. The van der Waals surface area contributed by atoms with Crippen LogP contribution in [0.4, 0.5) is 0 Å². The van der Waals surface area contributed by atoms with Crippen molar-refractivity contribution in [3.8, 4) is 51.2 Å². The molecule has 0 unspecified atom stereocenters. The van der Waals surface area contributed by atoms with Crippen LogP contribution >= 0.6 is 0 Å². The number of hydrogen-bond acceptors (Lipinski definition) is 8. The van der Waals surface area contributed by atoms with Crippen molar-refractivity contribution >= 4 is 22.3 Å². The average Bonchev–Trinajstić information content (AvgIpc) is 3.00. The summed E-state index contributed by atoms with van der Waals surface area (Å²) in [7, 11) is 3.05. The van der Waals surface area contributed by atoms with Crippen LogP contribution < -0.4 is 14.9 Å². The summed E-state index contributed by atoms with van der Waals surface area (Å²) in [4.78, 5) is 26.5. The number of fused-ring (bicyclic) bond motifs is 1. The Balaban J connectivity index is 1.64. The lowest BCUT2D eigenvalue weighted by atomic mass is 9.90. The van der Waals surface area contributed by atoms with Gasteiger partial charge in [0.25, 0.3) is 0 Å². The van der Waals surface area contributed by atoms with Gasteiger partial charge in [-0.2, -0.15) is 0 Å². The molecule has 5 aromatic rings. The third kappa shape index (κ3) is 5.49. The van der Waals surface area contributed by atoms with Crippen LogP contribution in [0.2, 0.25) is 0 Å². The lowest BCUT2D eigenvalue weighted by Crippen LogP contribution is -2.03. The van der Waals surface area contributed by atoms with Gasteiger partial charge in [0.15, 0.2) is 11.2 Å². The molecular weight excluding hydrogens is 560 g/mol. The third-order valence-electron chi connectivity index (χ3n) is 7.71. The number of benzene rings is 4. The van der Waals surface area contributed by atoms with Crippen molar-refractivity contribution in [1.29, 1.82) is 0 Å². The van der Waals surface area contributed by atoms with Crippen LogP contribution in [0.3, 0.4) is 0 Å². The highest BCUT2D eigenvalue weighted by molar-refractivity contribution is 6.12. The van der Waals surface area contributed by atoms with Gasteiger partial charge in [-0.3, -0.25) is 9.59 Å². The standard InChI is InChI=1S/C36H32O8/c1-6-21-14-27(38)36-30(41)18-32(44-33(36)15-21)23-9-12-31(43-5)25(16-23)34-20(3)35(29(40)17-28(34)39)26(37)13-19(2)22-7-10-24(42-4)11-8-22/h7-18,38-40H,6H2,1-5H3/b19-13+. The second kappa shape index (κ2) is 12.0. The van der Waals surface area contributed by atoms with Crippen LogP contribution in [0.15, 0.2) is 82.0 Å². The third-order valence-corrected chi connectivity index (χ3v) is 7.71. The van der Waals surface area contributed by atoms with E-state index in [2.05, 4.69) is 0 Å². The zero-order chi connectivity index (χ0) is 31.7. The van der Waals surface area contributed by atoms with E-state index in [1.165, 1.54) is 19.3 Å². The quantitative estimate of drug-likeness (QED) is 0.126. The van der Waals surface area contributed by atoms with Crippen LogP contribution in [0.1, 0.15) is 40.9 Å². The Bertz CT molecular complexity index is 2000. The Kier molecular flexibility index (Phi) is 8.18. The first kappa shape index (κ1) is 30.0. The molecule has 0 radical (unpaired) electrons. The highest BCUT2D eigenvalue weighted by atomic mass is 16.5. The van der Waals surface area contributed by atoms with Gasteiger partial charge in [-0.1, -0.05) is 19.1 Å². The monoisotopic (exact) mass is 592 g/mol. The smallest absolute Gasteiger partial charge is 0.197 e. The molecule has 0 saturated heterocycles. The number of aromatic hydroxyl groups is 3. The summed E-state index contributed by atoms with van der Waals surface area (Å²) in [5.41, 5.74) is 3.67. The predicted molar refractivity (Wildman–Crippen MR) is 170 cm³/mol. The Morgan fingerprint density at radius 1 is 0.886 bits per heavy atom. The van der Waals surface area contributed by atoms with Crippen LogP contribution in [0, 0.1) is 6.92 Å². The van der Waals surface area contributed by atoms with E-state index in [-0.39, 0.29) is 45.1 Å². The van der Waals surface area contributed by atoms with E-state index in [1.54, 1.807) is 63.4 Å². The molecule has 0 saturated carbocycles. The van der Waals surface area contributed by atoms with Gasteiger partial charge in [-0.25, -0.2) is 0 Å². The minimum atomic E-state index is -0.447. The average molecular weight is 593 g/mol. The molecule has 0 aliphatic rings. The Morgan fingerprint density at radius 3 is 2.27 bits per heavy atom. The topological polar surface area (TPSA) is 126 Å². The summed E-state index contributed by atoms with van der Waals surface area (Å²) < 4.78 is 16.9. The fourth-order valence-electron chi connectivity index (χ4n) is 5.37. The van der Waals surface area contributed by atoms with Crippen molar-refractivity contribution in [3.05, 3.63) is 105 Å². The molecular formula is C36H32O8. The molecule has 0 aliphatic carbocycles. The molecule has 5 rings (SSSR count). The summed E-state index contributed by atoms with van der Waals surface area (Å²) in [6.07, 6.45) is 2.07. The van der Waals surface area contributed by atoms with E-state index >= 15 is 0 Å². The van der Waals surface area contributed by atoms with E-state index in [0.29, 0.717) is 40.2 Å². The lowest BCUT2D eigenvalue weighted by Gasteiger charge is -2.17. The maximum Gasteiger partial charge on any atom is 0.197 e. The molecule has 8 heteroatoms. The zero-order valence-electron chi connectivity index (χ0n) is 25.0. The normalized spacial score (nSPS) is 11.5. The molecule has 0 atom stereocenters. The van der Waals surface area contributed by atoms with Crippen LogP contribution in [0.25, 0.3) is 39.0 Å². The zero-order valence-corrected chi connectivity index (χ0v) is 25.0. The Labute approximate surface area is 254 Å². The van der Waals surface area contributed by atoms with Gasteiger partial charge in [0.2, 0.25) is 0 Å². The number of phenolic OH excluding ortho intramolecular Hbond substituents is 3. The maximum atomic E-state index is 13.5. The number of carbonyl (C=O) groups is 1. The number of phenols is 3. The van der Waals surface area contributed by atoms with E-state index in [0.717, 1.165) is 17.2 Å². The van der Waals surface area contributed by atoms with Gasteiger partial charge in [0, 0.05) is 28.8 Å². The number of hydrogen-bond donors (Lipinski definition) is 3. The molecule has 44 heavy (non-hydrogen) atoms. The lowest BCUT2D eigenvalue weighted by molar-refractivity contribution is 0.104. The van der Waals surface area contributed by atoms with Gasteiger partial charge in [-0.15, -0.1) is 0 Å². The SMILES string of the molecule is CCc1cc(O)c2c(=O)cc(-c3ccc(OC)c(-c4c(O)cc(O)c(C(=O)/C=C(\C)c5ccc(OC)cc5)c4C)c3)oc2c1. The fourth-order valence-corrected chi connectivity index (χ4v) is 5.37. The van der Waals surface area contributed by atoms with Crippen molar-refractivity contribution < 1.29 is 34.0 Å². The number of aryl methyl sites for hydroxylation is 1. The highest BCUT2D eigenvalue weighted by Crippen LogP contribution is 2.44. The Hall–Kier alpha value is -5.50. The number of carbonyl (C=O) groups excluding carboxylic acids is 1. The van der Waals surface area contributed by atoms with Crippen molar-refractivity contribution in [2.45, 2.75) is 27.2 Å². The van der Waals surface area contributed by atoms with Crippen molar-refractivity contribution in [2.75, 3.05) is 14.2 Å². The summed E-state index contributed by atoms with van der Waals surface area (Å²) in [6, 6.07) is 18.0. The van der Waals surface area contributed by atoms with Gasteiger partial charge in [0.05, 0.1) is 19.8 Å². The molecule has 224 valence electrons. The second-order valence-corrected chi connectivity index (χ2v) is 10.4. The molecule has 1 aromatic heterocycles. The predicted octanol–water partition coefficient (Wildman–Crippen LogP) is 7.42. The summed E-state index contributed by atoms with van der Waals surface area (Å²) >= 11 is 0. The molecule has 0 amide bonds. The molecule has 8 nitrogen and oxygen atoms in total. The van der Waals surface area contributed by atoms with Gasteiger partial charge >= 0.3 is 0 Å². The summed E-state index contributed by atoms with van der Waals surface area (Å²) in [5.74, 6) is 0.0899. The molecule has 0 spiro atoms. The molecule has 0 fully saturated rings. The minimum Gasteiger partial charge on any atom is -0.507 e. The Morgan fingerprint density at radius 2 is 1.61 bits per heavy atom. The highest BCUT2D eigenvalue weighted by Gasteiger charge is 2.23. The number of allylic oxidation sites excluding steroid dienone is 2. The number of rotatable bonds is 8. The van der Waals surface area contributed by atoms with E-state index in [4.69, 9.17) is 13.9 Å². The van der Waals surface area contributed by atoms with E-state index in [9.17, 15) is 24.9 Å². The first-order valence-corrected chi connectivity index (χ1v) is 14.0. The van der Waals surface area contributed by atoms with E-state index < -0.39 is 11.2 Å². The molecule has 3 N–H and O–H groups in total. The minimum absolute atomic E-state index is 0.0259.